The normalized spacial score (nSPS) is 14.5. The molecule has 0 aliphatic carbocycles. The number of nitrogens with zero attached hydrogens (tertiary/aromatic N) is 2. The highest BCUT2D eigenvalue weighted by molar-refractivity contribution is 7.92. The number of carbonyl (C=O) groups excluding carboxylic acids is 1. The fourth-order valence-corrected chi connectivity index (χ4v) is 7.10. The van der Waals surface area contributed by atoms with E-state index in [4.69, 9.17) is 11.6 Å². The Balaban J connectivity index is 1.57. The number of sulfonamides is 2. The van der Waals surface area contributed by atoms with Crippen LogP contribution in [0, 0.1) is 13.8 Å². The second-order valence-electron chi connectivity index (χ2n) is 8.92. The number of hydrogen-bond donors (Lipinski definition) is 1. The van der Waals surface area contributed by atoms with Gasteiger partial charge in [-0.2, -0.15) is 4.31 Å². The molecule has 4 rings (SSSR count). The van der Waals surface area contributed by atoms with E-state index < -0.39 is 32.5 Å². The molecule has 1 N–H and O–H groups in total. The number of halogens is 1. The van der Waals surface area contributed by atoms with Crippen LogP contribution in [0.3, 0.4) is 0 Å². The van der Waals surface area contributed by atoms with Crippen LogP contribution in [-0.4, -0.2) is 46.7 Å². The quantitative estimate of drug-likeness (QED) is 0.434. The lowest BCUT2D eigenvalue weighted by atomic mass is 10.1. The van der Waals surface area contributed by atoms with Crippen molar-refractivity contribution in [2.45, 2.75) is 36.5 Å². The summed E-state index contributed by atoms with van der Waals surface area (Å²) in [6, 6.07) is 16.8. The minimum Gasteiger partial charge on any atom is -0.325 e. The van der Waals surface area contributed by atoms with Crippen LogP contribution in [-0.2, 0) is 24.8 Å². The van der Waals surface area contributed by atoms with Gasteiger partial charge in [0.2, 0.25) is 15.9 Å². The molecule has 1 amide bonds. The molecule has 1 aliphatic heterocycles. The molecule has 37 heavy (non-hydrogen) atoms. The van der Waals surface area contributed by atoms with Crippen molar-refractivity contribution in [3.05, 3.63) is 82.9 Å². The van der Waals surface area contributed by atoms with E-state index in [0.29, 0.717) is 29.5 Å². The first-order valence-corrected chi connectivity index (χ1v) is 15.0. The van der Waals surface area contributed by atoms with Gasteiger partial charge in [-0.15, -0.1) is 0 Å². The number of amides is 1. The molecule has 0 atom stereocenters. The summed E-state index contributed by atoms with van der Waals surface area (Å²) < 4.78 is 55.1. The molecule has 1 saturated heterocycles. The maximum atomic E-state index is 13.5. The van der Waals surface area contributed by atoms with Gasteiger partial charge >= 0.3 is 0 Å². The lowest BCUT2D eigenvalue weighted by Gasteiger charge is -2.25. The van der Waals surface area contributed by atoms with Crippen LogP contribution in [0.1, 0.15) is 24.0 Å². The topological polar surface area (TPSA) is 104 Å². The first-order valence-electron chi connectivity index (χ1n) is 11.7. The molecule has 0 radical (unpaired) electrons. The van der Waals surface area contributed by atoms with Gasteiger partial charge in [0.25, 0.3) is 10.0 Å². The molecule has 196 valence electrons. The zero-order chi connectivity index (χ0) is 26.8. The van der Waals surface area contributed by atoms with Crippen LogP contribution in [0.25, 0.3) is 0 Å². The van der Waals surface area contributed by atoms with Gasteiger partial charge in [0.05, 0.1) is 15.5 Å². The Morgan fingerprint density at radius 1 is 0.865 bits per heavy atom. The van der Waals surface area contributed by atoms with Gasteiger partial charge in [-0.25, -0.2) is 16.8 Å². The van der Waals surface area contributed by atoms with Crippen molar-refractivity contribution in [3.8, 4) is 0 Å². The van der Waals surface area contributed by atoms with Crippen molar-refractivity contribution in [2.75, 3.05) is 29.3 Å². The molecule has 8 nitrogen and oxygen atoms in total. The molecule has 1 heterocycles. The molecule has 0 saturated carbocycles. The van der Waals surface area contributed by atoms with Gasteiger partial charge in [0.15, 0.2) is 0 Å². The molecule has 3 aromatic rings. The Kier molecular flexibility index (Phi) is 7.94. The number of hydrogen-bond acceptors (Lipinski definition) is 5. The smallest absolute Gasteiger partial charge is 0.264 e. The second-order valence-corrected chi connectivity index (χ2v) is 13.2. The molecular formula is C26H28ClN3O5S2. The molecule has 1 fully saturated rings. The van der Waals surface area contributed by atoms with E-state index in [9.17, 15) is 21.6 Å². The van der Waals surface area contributed by atoms with E-state index in [1.807, 2.05) is 13.8 Å². The zero-order valence-electron chi connectivity index (χ0n) is 20.5. The zero-order valence-corrected chi connectivity index (χ0v) is 22.9. The highest BCUT2D eigenvalue weighted by Gasteiger charge is 2.29. The number of benzene rings is 3. The minimum absolute atomic E-state index is 0.000555. The molecule has 0 aromatic heterocycles. The third kappa shape index (κ3) is 5.98. The van der Waals surface area contributed by atoms with Crippen molar-refractivity contribution in [2.24, 2.45) is 0 Å². The molecule has 0 bridgehead atoms. The third-order valence-electron chi connectivity index (χ3n) is 6.31. The van der Waals surface area contributed by atoms with Crippen molar-refractivity contribution in [1.82, 2.24) is 4.31 Å². The van der Waals surface area contributed by atoms with Crippen LogP contribution in [0.5, 0.6) is 0 Å². The van der Waals surface area contributed by atoms with E-state index in [0.717, 1.165) is 28.3 Å². The average molecular weight is 562 g/mol. The van der Waals surface area contributed by atoms with Crippen LogP contribution >= 0.6 is 11.6 Å². The molecule has 3 aromatic carbocycles. The summed E-state index contributed by atoms with van der Waals surface area (Å²) in [5.41, 5.74) is 2.57. The molecule has 11 heteroatoms. The molecule has 0 unspecified atom stereocenters. The summed E-state index contributed by atoms with van der Waals surface area (Å²) in [6.07, 6.45) is 1.67. The van der Waals surface area contributed by atoms with E-state index in [2.05, 4.69) is 5.32 Å². The Morgan fingerprint density at radius 2 is 1.46 bits per heavy atom. The average Bonchev–Trinajstić information content (AvgIpc) is 3.41. The van der Waals surface area contributed by atoms with Crippen molar-refractivity contribution >= 4 is 48.9 Å². The van der Waals surface area contributed by atoms with Gasteiger partial charge in [-0.05, 0) is 98.5 Å². The number of anilines is 2. The summed E-state index contributed by atoms with van der Waals surface area (Å²) in [7, 11) is -7.67. The summed E-state index contributed by atoms with van der Waals surface area (Å²) in [4.78, 5) is 13.2. The molecule has 0 spiro atoms. The van der Waals surface area contributed by atoms with Gasteiger partial charge in [-0.1, -0.05) is 17.7 Å². The summed E-state index contributed by atoms with van der Waals surface area (Å²) in [6.45, 7) is 4.29. The number of carbonyl (C=O) groups is 1. The predicted octanol–water partition coefficient (Wildman–Crippen LogP) is 4.58. The highest BCUT2D eigenvalue weighted by Crippen LogP contribution is 2.27. The van der Waals surface area contributed by atoms with Gasteiger partial charge < -0.3 is 5.32 Å². The van der Waals surface area contributed by atoms with Crippen LogP contribution < -0.4 is 9.62 Å². The largest absolute Gasteiger partial charge is 0.325 e. The number of nitrogens with one attached hydrogen (secondary N) is 1. The Hall–Kier alpha value is -2.92. The highest BCUT2D eigenvalue weighted by atomic mass is 35.5. The lowest BCUT2D eigenvalue weighted by molar-refractivity contribution is -0.114. The van der Waals surface area contributed by atoms with Gasteiger partial charge in [0, 0.05) is 23.8 Å². The minimum atomic E-state index is -4.09. The lowest BCUT2D eigenvalue weighted by Crippen LogP contribution is -2.38. The van der Waals surface area contributed by atoms with Gasteiger partial charge in [-0.3, -0.25) is 9.10 Å². The monoisotopic (exact) mass is 561 g/mol. The van der Waals surface area contributed by atoms with Crippen molar-refractivity contribution < 1.29 is 21.6 Å². The molecule has 1 aliphatic rings. The summed E-state index contributed by atoms with van der Waals surface area (Å²) in [5.74, 6) is -0.578. The fraction of sp³-hybridized carbons (Fsp3) is 0.269. The van der Waals surface area contributed by atoms with E-state index in [1.165, 1.54) is 52.8 Å². The van der Waals surface area contributed by atoms with Crippen LogP contribution in [0.15, 0.2) is 76.5 Å². The summed E-state index contributed by atoms with van der Waals surface area (Å²) >= 11 is 5.93. The van der Waals surface area contributed by atoms with Crippen LogP contribution in [0.4, 0.5) is 11.4 Å². The predicted molar refractivity (Wildman–Crippen MR) is 145 cm³/mol. The Labute approximate surface area is 223 Å². The van der Waals surface area contributed by atoms with Crippen LogP contribution in [0.2, 0.25) is 5.02 Å². The van der Waals surface area contributed by atoms with E-state index >= 15 is 0 Å². The SMILES string of the molecule is Cc1ccc(N(CC(=O)Nc2ccc(S(=O)(=O)N3CCCC3)cc2)S(=O)(=O)c2ccc(Cl)cc2)cc1C. The number of aryl methyl sites for hydroxylation is 2. The third-order valence-corrected chi connectivity index (χ3v) is 10.3. The van der Waals surface area contributed by atoms with Gasteiger partial charge in [0.1, 0.15) is 6.54 Å². The first-order chi connectivity index (χ1) is 17.5. The van der Waals surface area contributed by atoms with E-state index in [-0.39, 0.29) is 9.79 Å². The second kappa shape index (κ2) is 10.8. The number of rotatable bonds is 8. The molecular weight excluding hydrogens is 534 g/mol. The van der Waals surface area contributed by atoms with Crippen molar-refractivity contribution in [3.63, 3.8) is 0 Å². The first kappa shape index (κ1) is 27.1. The fourth-order valence-electron chi connectivity index (χ4n) is 4.05. The van der Waals surface area contributed by atoms with E-state index in [1.54, 1.807) is 18.2 Å². The standard InChI is InChI=1S/C26H28ClN3O5S2/c1-19-5-10-23(17-20(19)2)30(37(34,35)25-11-6-21(27)7-12-25)18-26(31)28-22-8-13-24(14-9-22)36(32,33)29-15-3-4-16-29/h5-14,17H,3-4,15-16,18H2,1-2H3,(H,28,31). The van der Waals surface area contributed by atoms with Crippen molar-refractivity contribution in [1.29, 1.82) is 0 Å². The Bertz CT molecular complexity index is 1500. The Morgan fingerprint density at radius 3 is 2.05 bits per heavy atom. The maximum absolute atomic E-state index is 13.5. The summed E-state index contributed by atoms with van der Waals surface area (Å²) in [5, 5.41) is 3.07. The maximum Gasteiger partial charge on any atom is 0.264 e.